The third-order valence-corrected chi connectivity index (χ3v) is 6.34. The van der Waals surface area contributed by atoms with Crippen LogP contribution in [0.2, 0.25) is 0 Å². The van der Waals surface area contributed by atoms with E-state index in [1.807, 2.05) is 0 Å². The quantitative estimate of drug-likeness (QED) is 0.766. The van der Waals surface area contributed by atoms with Crippen LogP contribution in [-0.2, 0) is 0 Å². The molecule has 1 aromatic carbocycles. The molecule has 1 N–H and O–H groups in total. The van der Waals surface area contributed by atoms with Crippen molar-refractivity contribution in [3.8, 4) is 0 Å². The lowest BCUT2D eigenvalue weighted by molar-refractivity contribution is 0.330. The number of benzene rings is 1. The van der Waals surface area contributed by atoms with Gasteiger partial charge in [-0.1, -0.05) is 25.1 Å². The van der Waals surface area contributed by atoms with E-state index in [-0.39, 0.29) is 0 Å². The maximum atomic E-state index is 4.59. The summed E-state index contributed by atoms with van der Waals surface area (Å²) in [7, 11) is 0. The third-order valence-electron chi connectivity index (χ3n) is 4.34. The van der Waals surface area contributed by atoms with Crippen LogP contribution in [0.4, 0.5) is 5.69 Å². The minimum atomic E-state index is 0.656. The van der Waals surface area contributed by atoms with E-state index in [1.165, 1.54) is 42.5 Å². The Morgan fingerprint density at radius 3 is 2.80 bits per heavy atom. The van der Waals surface area contributed by atoms with E-state index in [4.69, 9.17) is 0 Å². The second kappa shape index (κ2) is 6.35. The molecule has 0 atom stereocenters. The van der Waals surface area contributed by atoms with E-state index in [1.54, 1.807) is 23.1 Å². The van der Waals surface area contributed by atoms with Gasteiger partial charge in [-0.15, -0.1) is 11.3 Å². The molecule has 20 heavy (non-hydrogen) atoms. The topological polar surface area (TPSA) is 24.9 Å². The SMILES string of the molecule is CCC1CCC(Nc2ccc3nc(SC)sc3c2)CC1. The third kappa shape index (κ3) is 3.12. The van der Waals surface area contributed by atoms with Crippen molar-refractivity contribution < 1.29 is 0 Å². The number of nitrogens with one attached hydrogen (secondary N) is 1. The average Bonchev–Trinajstić information content (AvgIpc) is 2.90. The van der Waals surface area contributed by atoms with Crippen LogP contribution < -0.4 is 5.32 Å². The highest BCUT2D eigenvalue weighted by atomic mass is 32.2. The Bertz CT molecular complexity index is 571. The predicted octanol–water partition coefficient (Wildman–Crippen LogP) is 5.40. The lowest BCUT2D eigenvalue weighted by Crippen LogP contribution is -2.25. The van der Waals surface area contributed by atoms with Gasteiger partial charge < -0.3 is 5.32 Å². The molecule has 1 fully saturated rings. The Hall–Kier alpha value is -0.740. The first kappa shape index (κ1) is 14.2. The predicted molar refractivity (Wildman–Crippen MR) is 91.1 cm³/mol. The summed E-state index contributed by atoms with van der Waals surface area (Å²) < 4.78 is 2.45. The van der Waals surface area contributed by atoms with Gasteiger partial charge in [-0.05, 0) is 56.1 Å². The van der Waals surface area contributed by atoms with Gasteiger partial charge >= 0.3 is 0 Å². The average molecular weight is 307 g/mol. The normalized spacial score (nSPS) is 23.1. The van der Waals surface area contributed by atoms with Crippen LogP contribution in [0.5, 0.6) is 0 Å². The maximum absolute atomic E-state index is 4.59. The molecule has 1 heterocycles. The van der Waals surface area contributed by atoms with E-state index in [2.05, 4.69) is 41.7 Å². The van der Waals surface area contributed by atoms with Crippen LogP contribution in [-0.4, -0.2) is 17.3 Å². The number of thiazole rings is 1. The fourth-order valence-electron chi connectivity index (χ4n) is 3.03. The molecule has 1 aromatic heterocycles. The number of nitrogens with zero attached hydrogens (tertiary/aromatic N) is 1. The van der Waals surface area contributed by atoms with Crippen LogP contribution in [0.15, 0.2) is 22.5 Å². The lowest BCUT2D eigenvalue weighted by Gasteiger charge is -2.29. The lowest BCUT2D eigenvalue weighted by atomic mass is 9.84. The highest BCUT2D eigenvalue weighted by molar-refractivity contribution is 8.00. The van der Waals surface area contributed by atoms with Crippen LogP contribution >= 0.6 is 23.1 Å². The summed E-state index contributed by atoms with van der Waals surface area (Å²) in [6.07, 6.45) is 8.83. The number of hydrogen-bond acceptors (Lipinski definition) is 4. The zero-order valence-corrected chi connectivity index (χ0v) is 13.8. The van der Waals surface area contributed by atoms with Crippen LogP contribution in [0, 0.1) is 5.92 Å². The van der Waals surface area contributed by atoms with Gasteiger partial charge in [0.1, 0.15) is 0 Å². The van der Waals surface area contributed by atoms with Gasteiger partial charge in [0.2, 0.25) is 0 Å². The molecule has 0 unspecified atom stereocenters. The molecule has 1 aliphatic carbocycles. The second-order valence-electron chi connectivity index (χ2n) is 5.64. The van der Waals surface area contributed by atoms with Gasteiger partial charge in [0.05, 0.1) is 10.2 Å². The first-order valence-corrected chi connectivity index (χ1v) is 9.53. The molecule has 0 saturated heterocycles. The molecule has 0 aliphatic heterocycles. The van der Waals surface area contributed by atoms with Gasteiger partial charge in [0, 0.05) is 11.7 Å². The summed E-state index contributed by atoms with van der Waals surface area (Å²) in [5, 5.41) is 3.72. The Morgan fingerprint density at radius 2 is 2.10 bits per heavy atom. The van der Waals surface area contributed by atoms with Gasteiger partial charge in [0.25, 0.3) is 0 Å². The van der Waals surface area contributed by atoms with Crippen molar-refractivity contribution in [2.75, 3.05) is 11.6 Å². The summed E-state index contributed by atoms with van der Waals surface area (Å²) >= 11 is 3.52. The van der Waals surface area contributed by atoms with E-state index >= 15 is 0 Å². The van der Waals surface area contributed by atoms with Crippen molar-refractivity contribution in [2.45, 2.75) is 49.4 Å². The molecular formula is C16H22N2S2. The summed E-state index contributed by atoms with van der Waals surface area (Å²) in [6, 6.07) is 7.24. The van der Waals surface area contributed by atoms with Crippen LogP contribution in [0.1, 0.15) is 39.0 Å². The minimum Gasteiger partial charge on any atom is -0.382 e. The van der Waals surface area contributed by atoms with Crippen molar-refractivity contribution in [2.24, 2.45) is 5.92 Å². The molecule has 1 aliphatic rings. The first-order chi connectivity index (χ1) is 9.78. The zero-order chi connectivity index (χ0) is 13.9. The maximum Gasteiger partial charge on any atom is 0.150 e. The molecule has 0 bridgehead atoms. The standard InChI is InChI=1S/C16H22N2S2/c1-3-11-4-6-12(7-5-11)17-13-8-9-14-15(10-13)20-16(18-14)19-2/h8-12,17H,3-7H2,1-2H3. The highest BCUT2D eigenvalue weighted by Crippen LogP contribution is 2.32. The monoisotopic (exact) mass is 306 g/mol. The number of hydrogen-bond donors (Lipinski definition) is 1. The van der Waals surface area contributed by atoms with Gasteiger partial charge in [-0.3, -0.25) is 0 Å². The Morgan fingerprint density at radius 1 is 1.30 bits per heavy atom. The molecule has 2 aromatic rings. The molecule has 4 heteroatoms. The Labute approximate surface area is 129 Å². The molecule has 2 nitrogen and oxygen atoms in total. The molecule has 0 amide bonds. The van der Waals surface area contributed by atoms with Crippen molar-refractivity contribution in [1.82, 2.24) is 4.98 Å². The summed E-state index contributed by atoms with van der Waals surface area (Å²) in [4.78, 5) is 4.59. The van der Waals surface area contributed by atoms with Crippen LogP contribution in [0.3, 0.4) is 0 Å². The number of aromatic nitrogens is 1. The van der Waals surface area contributed by atoms with Gasteiger partial charge in [0.15, 0.2) is 4.34 Å². The second-order valence-corrected chi connectivity index (χ2v) is 7.72. The van der Waals surface area contributed by atoms with Gasteiger partial charge in [-0.2, -0.15) is 0 Å². The van der Waals surface area contributed by atoms with E-state index < -0.39 is 0 Å². The number of thioether (sulfide) groups is 1. The van der Waals surface area contributed by atoms with Crippen LogP contribution in [0.25, 0.3) is 10.2 Å². The fourth-order valence-corrected chi connectivity index (χ4v) is 4.56. The summed E-state index contributed by atoms with van der Waals surface area (Å²) in [6.45, 7) is 2.32. The van der Waals surface area contributed by atoms with Crippen molar-refractivity contribution in [1.29, 1.82) is 0 Å². The summed E-state index contributed by atoms with van der Waals surface area (Å²) in [5.74, 6) is 0.959. The van der Waals surface area contributed by atoms with E-state index in [0.29, 0.717) is 6.04 Å². The Kier molecular flexibility index (Phi) is 4.51. The number of anilines is 1. The largest absolute Gasteiger partial charge is 0.382 e. The van der Waals surface area contributed by atoms with E-state index in [9.17, 15) is 0 Å². The molecule has 1 saturated carbocycles. The minimum absolute atomic E-state index is 0.656. The number of rotatable bonds is 4. The van der Waals surface area contributed by atoms with Crippen molar-refractivity contribution in [3.63, 3.8) is 0 Å². The molecule has 0 radical (unpaired) electrons. The van der Waals surface area contributed by atoms with Crippen molar-refractivity contribution in [3.05, 3.63) is 18.2 Å². The molecule has 3 rings (SSSR count). The molecular weight excluding hydrogens is 284 g/mol. The summed E-state index contributed by atoms with van der Waals surface area (Å²) in [5.41, 5.74) is 2.38. The zero-order valence-electron chi connectivity index (χ0n) is 12.2. The van der Waals surface area contributed by atoms with E-state index in [0.717, 1.165) is 15.8 Å². The molecule has 0 spiro atoms. The number of fused-ring (bicyclic) bond motifs is 1. The molecule has 108 valence electrons. The first-order valence-electron chi connectivity index (χ1n) is 7.49. The Balaban J connectivity index is 1.68. The van der Waals surface area contributed by atoms with Gasteiger partial charge in [-0.25, -0.2) is 4.98 Å². The fraction of sp³-hybridized carbons (Fsp3) is 0.562. The van der Waals surface area contributed by atoms with Crippen molar-refractivity contribution >= 4 is 39.0 Å². The smallest absolute Gasteiger partial charge is 0.150 e. The highest BCUT2D eigenvalue weighted by Gasteiger charge is 2.19.